The molecule has 0 aromatic heterocycles. The highest BCUT2D eigenvalue weighted by Gasteiger charge is 2.16. The first-order chi connectivity index (χ1) is 17.3. The van der Waals surface area contributed by atoms with Crippen molar-refractivity contribution in [1.29, 1.82) is 5.26 Å². The number of hydrogen-bond acceptors (Lipinski definition) is 5. The van der Waals surface area contributed by atoms with Crippen molar-refractivity contribution in [2.24, 2.45) is 0 Å². The number of anilines is 2. The van der Waals surface area contributed by atoms with E-state index in [0.717, 1.165) is 5.56 Å². The van der Waals surface area contributed by atoms with E-state index in [1.807, 2.05) is 32.0 Å². The molecule has 36 heavy (non-hydrogen) atoms. The highest BCUT2D eigenvalue weighted by atomic mass is 127. The minimum Gasteiger partial charge on any atom is -0.490 e. The van der Waals surface area contributed by atoms with Crippen LogP contribution in [0.5, 0.6) is 11.5 Å². The highest BCUT2D eigenvalue weighted by Crippen LogP contribution is 2.35. The van der Waals surface area contributed by atoms with E-state index < -0.39 is 5.91 Å². The van der Waals surface area contributed by atoms with Gasteiger partial charge in [-0.1, -0.05) is 29.3 Å². The van der Waals surface area contributed by atoms with Gasteiger partial charge in [0.1, 0.15) is 11.6 Å². The molecule has 184 valence electrons. The number of carbonyl (C=O) groups excluding carboxylic acids is 2. The standard InChI is InChI=1S/C27H23ClIN3O4/c1-3-35-24-14-18(12-19(15-30)27(34)32-22-8-4-17(2)5-9-22)13-23(29)26(24)36-16-25(33)31-21-10-6-20(28)7-11-21/h4-14H,3,16H2,1-2H3,(H,31,33)(H,32,34)/b19-12+. The smallest absolute Gasteiger partial charge is 0.266 e. The van der Waals surface area contributed by atoms with E-state index in [9.17, 15) is 14.9 Å². The average Bonchev–Trinajstić information content (AvgIpc) is 2.85. The van der Waals surface area contributed by atoms with Gasteiger partial charge in [-0.25, -0.2) is 0 Å². The first-order valence-corrected chi connectivity index (χ1v) is 12.4. The molecule has 2 N–H and O–H groups in total. The van der Waals surface area contributed by atoms with Crippen LogP contribution in [0, 0.1) is 21.8 Å². The maximum Gasteiger partial charge on any atom is 0.266 e. The van der Waals surface area contributed by atoms with Crippen molar-refractivity contribution in [2.45, 2.75) is 13.8 Å². The lowest BCUT2D eigenvalue weighted by Gasteiger charge is -2.15. The van der Waals surface area contributed by atoms with Gasteiger partial charge in [0.2, 0.25) is 0 Å². The van der Waals surface area contributed by atoms with Gasteiger partial charge in [0.15, 0.2) is 18.1 Å². The highest BCUT2D eigenvalue weighted by molar-refractivity contribution is 14.1. The van der Waals surface area contributed by atoms with E-state index in [1.165, 1.54) is 6.08 Å². The zero-order valence-corrected chi connectivity index (χ0v) is 22.5. The molecule has 0 fully saturated rings. The van der Waals surface area contributed by atoms with E-state index in [4.69, 9.17) is 21.1 Å². The lowest BCUT2D eigenvalue weighted by Crippen LogP contribution is -2.20. The molecule has 7 nitrogen and oxygen atoms in total. The summed E-state index contributed by atoms with van der Waals surface area (Å²) in [6, 6.07) is 19.4. The molecule has 3 rings (SSSR count). The van der Waals surface area contributed by atoms with Gasteiger partial charge in [0.25, 0.3) is 11.8 Å². The third-order valence-electron chi connectivity index (χ3n) is 4.79. The monoisotopic (exact) mass is 615 g/mol. The van der Waals surface area contributed by atoms with E-state index in [2.05, 4.69) is 33.2 Å². The van der Waals surface area contributed by atoms with Crippen molar-refractivity contribution in [1.82, 2.24) is 0 Å². The first kappa shape index (κ1) is 27.0. The fraction of sp³-hybridized carbons (Fsp3) is 0.148. The normalized spacial score (nSPS) is 10.8. The van der Waals surface area contributed by atoms with Crippen molar-refractivity contribution in [3.05, 3.63) is 86.0 Å². The van der Waals surface area contributed by atoms with Gasteiger partial charge in [-0.2, -0.15) is 5.26 Å². The molecular weight excluding hydrogens is 593 g/mol. The molecule has 0 aliphatic heterocycles. The van der Waals surface area contributed by atoms with Gasteiger partial charge < -0.3 is 20.1 Å². The predicted octanol–water partition coefficient (Wildman–Crippen LogP) is 6.21. The van der Waals surface area contributed by atoms with Crippen LogP contribution >= 0.6 is 34.2 Å². The summed E-state index contributed by atoms with van der Waals surface area (Å²) in [5.74, 6) is -0.0812. The molecule has 0 heterocycles. The summed E-state index contributed by atoms with van der Waals surface area (Å²) in [4.78, 5) is 25.0. The van der Waals surface area contributed by atoms with Crippen LogP contribution in [-0.2, 0) is 9.59 Å². The second kappa shape index (κ2) is 13.0. The Labute approximate surface area is 228 Å². The summed E-state index contributed by atoms with van der Waals surface area (Å²) in [6.45, 7) is 3.89. The zero-order chi connectivity index (χ0) is 26.1. The molecule has 0 atom stereocenters. The minimum atomic E-state index is -0.520. The Kier molecular flexibility index (Phi) is 9.73. The van der Waals surface area contributed by atoms with Crippen LogP contribution in [0.3, 0.4) is 0 Å². The number of benzene rings is 3. The molecule has 0 spiro atoms. The van der Waals surface area contributed by atoms with Crippen LogP contribution < -0.4 is 20.1 Å². The summed E-state index contributed by atoms with van der Waals surface area (Å²) in [6.07, 6.45) is 1.48. The van der Waals surface area contributed by atoms with Crippen molar-refractivity contribution in [3.63, 3.8) is 0 Å². The Balaban J connectivity index is 1.76. The Morgan fingerprint density at radius 3 is 2.31 bits per heavy atom. The van der Waals surface area contributed by atoms with Crippen molar-refractivity contribution < 1.29 is 19.1 Å². The van der Waals surface area contributed by atoms with Gasteiger partial charge in [-0.05, 0) is 96.6 Å². The number of nitrogens with zero attached hydrogens (tertiary/aromatic N) is 1. The lowest BCUT2D eigenvalue weighted by atomic mass is 10.1. The molecule has 0 aliphatic carbocycles. The second-order valence-corrected chi connectivity index (χ2v) is 9.20. The maximum absolute atomic E-state index is 12.6. The number of amides is 2. The lowest BCUT2D eigenvalue weighted by molar-refractivity contribution is -0.118. The molecule has 9 heteroatoms. The van der Waals surface area contributed by atoms with Crippen molar-refractivity contribution in [2.75, 3.05) is 23.8 Å². The van der Waals surface area contributed by atoms with Crippen molar-refractivity contribution in [3.8, 4) is 17.6 Å². The molecule has 2 amide bonds. The van der Waals surface area contributed by atoms with Crippen LogP contribution in [0.4, 0.5) is 11.4 Å². The average molecular weight is 616 g/mol. The van der Waals surface area contributed by atoms with Crippen LogP contribution in [0.25, 0.3) is 6.08 Å². The second-order valence-electron chi connectivity index (χ2n) is 7.60. The van der Waals surface area contributed by atoms with Crippen LogP contribution in [-0.4, -0.2) is 25.0 Å². The number of nitrogens with one attached hydrogen (secondary N) is 2. The van der Waals surface area contributed by atoms with E-state index in [0.29, 0.717) is 43.6 Å². The molecule has 0 saturated heterocycles. The quantitative estimate of drug-likeness (QED) is 0.169. The molecule has 3 aromatic rings. The van der Waals surface area contributed by atoms with Crippen LogP contribution in [0.1, 0.15) is 18.1 Å². The number of aryl methyl sites for hydroxylation is 1. The Hall–Kier alpha value is -3.55. The predicted molar refractivity (Wildman–Crippen MR) is 149 cm³/mol. The summed E-state index contributed by atoms with van der Waals surface area (Å²) in [7, 11) is 0. The molecular formula is C27H23ClIN3O4. The summed E-state index contributed by atoms with van der Waals surface area (Å²) in [5, 5.41) is 15.6. The van der Waals surface area contributed by atoms with E-state index in [-0.39, 0.29) is 18.1 Å². The fourth-order valence-electron chi connectivity index (χ4n) is 3.09. The van der Waals surface area contributed by atoms with Gasteiger partial charge in [0.05, 0.1) is 10.2 Å². The van der Waals surface area contributed by atoms with Gasteiger partial charge in [-0.15, -0.1) is 0 Å². The summed E-state index contributed by atoms with van der Waals surface area (Å²) < 4.78 is 12.1. The number of ether oxygens (including phenoxy) is 2. The maximum atomic E-state index is 12.6. The number of carbonyl (C=O) groups is 2. The van der Waals surface area contributed by atoms with Crippen molar-refractivity contribution >= 4 is 63.5 Å². The SMILES string of the molecule is CCOc1cc(/C=C(\C#N)C(=O)Nc2ccc(C)cc2)cc(I)c1OCC(=O)Nc1ccc(Cl)cc1. The van der Waals surface area contributed by atoms with E-state index in [1.54, 1.807) is 48.5 Å². The van der Waals surface area contributed by atoms with E-state index >= 15 is 0 Å². The summed E-state index contributed by atoms with van der Waals surface area (Å²) in [5.41, 5.74) is 2.77. The summed E-state index contributed by atoms with van der Waals surface area (Å²) >= 11 is 7.93. The zero-order valence-electron chi connectivity index (χ0n) is 19.6. The third kappa shape index (κ3) is 7.73. The Morgan fingerprint density at radius 1 is 1.03 bits per heavy atom. The minimum absolute atomic E-state index is 0.0650. The molecule has 0 bridgehead atoms. The topological polar surface area (TPSA) is 100 Å². The fourth-order valence-corrected chi connectivity index (χ4v) is 4.00. The molecule has 0 saturated carbocycles. The molecule has 3 aromatic carbocycles. The number of hydrogen-bond donors (Lipinski definition) is 2. The van der Waals surface area contributed by atoms with Crippen LogP contribution in [0.2, 0.25) is 5.02 Å². The molecule has 0 aliphatic rings. The first-order valence-electron chi connectivity index (χ1n) is 10.9. The molecule has 0 unspecified atom stereocenters. The number of halogens is 2. The van der Waals surface area contributed by atoms with Gasteiger partial charge in [0, 0.05) is 16.4 Å². The Morgan fingerprint density at radius 2 is 1.67 bits per heavy atom. The number of nitriles is 1. The van der Waals surface area contributed by atoms with Gasteiger partial charge >= 0.3 is 0 Å². The van der Waals surface area contributed by atoms with Crippen LogP contribution in [0.15, 0.2) is 66.2 Å². The number of rotatable bonds is 9. The van der Waals surface area contributed by atoms with Gasteiger partial charge in [-0.3, -0.25) is 9.59 Å². The third-order valence-corrected chi connectivity index (χ3v) is 5.85. The Bertz CT molecular complexity index is 1320. The largest absolute Gasteiger partial charge is 0.490 e. The molecule has 0 radical (unpaired) electrons.